The van der Waals surface area contributed by atoms with Gasteiger partial charge < -0.3 is 10.1 Å². The van der Waals surface area contributed by atoms with Crippen LogP contribution in [0.5, 0.6) is 5.75 Å². The highest BCUT2D eigenvalue weighted by Crippen LogP contribution is 2.32. The zero-order valence-electron chi connectivity index (χ0n) is 12.0. The van der Waals surface area contributed by atoms with Gasteiger partial charge in [0.15, 0.2) is 6.10 Å². The van der Waals surface area contributed by atoms with Crippen LogP contribution >= 0.6 is 23.2 Å². The van der Waals surface area contributed by atoms with Crippen LogP contribution in [0.3, 0.4) is 0 Å². The average molecular weight is 355 g/mol. The van der Waals surface area contributed by atoms with E-state index in [1.807, 2.05) is 0 Å². The van der Waals surface area contributed by atoms with Gasteiger partial charge in [-0.2, -0.15) is 0 Å². The topological polar surface area (TPSA) is 81.5 Å². The molecule has 23 heavy (non-hydrogen) atoms. The maximum atomic E-state index is 12.1. The number of carbonyl (C=O) groups is 1. The Hall–Kier alpha value is -2.31. The third-order valence-electron chi connectivity index (χ3n) is 2.93. The van der Waals surface area contributed by atoms with E-state index in [0.29, 0.717) is 16.5 Å². The van der Waals surface area contributed by atoms with Crippen LogP contribution in [0, 0.1) is 10.1 Å². The minimum absolute atomic E-state index is 0.0574. The Kier molecular flexibility index (Phi) is 5.41. The summed E-state index contributed by atoms with van der Waals surface area (Å²) in [6, 6.07) is 10.3. The summed E-state index contributed by atoms with van der Waals surface area (Å²) in [5, 5.41) is 13.7. The Morgan fingerprint density at radius 3 is 2.48 bits per heavy atom. The summed E-state index contributed by atoms with van der Waals surface area (Å²) in [6.07, 6.45) is -0.832. The minimum Gasteiger partial charge on any atom is -0.479 e. The molecule has 0 spiro atoms. The first-order chi connectivity index (χ1) is 10.9. The van der Waals surface area contributed by atoms with Crippen LogP contribution in [0.25, 0.3) is 0 Å². The molecule has 2 rings (SSSR count). The summed E-state index contributed by atoms with van der Waals surface area (Å²) < 4.78 is 5.49. The second kappa shape index (κ2) is 7.30. The SMILES string of the molecule is CC(Oc1cccc(Cl)c1Cl)C(=O)Nc1ccc([N+](=O)[O-])cc1. The van der Waals surface area contributed by atoms with Gasteiger partial charge in [-0.3, -0.25) is 14.9 Å². The van der Waals surface area contributed by atoms with E-state index in [-0.39, 0.29) is 10.7 Å². The summed E-state index contributed by atoms with van der Waals surface area (Å²) in [4.78, 5) is 22.2. The van der Waals surface area contributed by atoms with E-state index in [0.717, 1.165) is 0 Å². The van der Waals surface area contributed by atoms with E-state index < -0.39 is 16.9 Å². The average Bonchev–Trinajstić information content (AvgIpc) is 2.52. The molecule has 0 aromatic heterocycles. The molecule has 1 unspecified atom stereocenters. The number of hydrogen-bond donors (Lipinski definition) is 1. The van der Waals surface area contributed by atoms with Crippen molar-refractivity contribution in [2.45, 2.75) is 13.0 Å². The standard InChI is InChI=1S/C15H12Cl2N2O4/c1-9(23-13-4-2-3-12(16)14(13)17)15(20)18-10-5-7-11(8-6-10)19(21)22/h2-9H,1H3,(H,18,20). The van der Waals surface area contributed by atoms with Gasteiger partial charge in [0.25, 0.3) is 11.6 Å². The predicted octanol–water partition coefficient (Wildman–Crippen LogP) is 4.31. The summed E-state index contributed by atoms with van der Waals surface area (Å²) >= 11 is 11.9. The van der Waals surface area contributed by atoms with Gasteiger partial charge in [-0.15, -0.1) is 0 Å². The first-order valence-corrected chi connectivity index (χ1v) is 7.30. The second-order valence-corrected chi connectivity index (χ2v) is 5.39. The maximum absolute atomic E-state index is 12.1. The first-order valence-electron chi connectivity index (χ1n) is 6.54. The quantitative estimate of drug-likeness (QED) is 0.640. The van der Waals surface area contributed by atoms with Gasteiger partial charge >= 0.3 is 0 Å². The number of non-ortho nitro benzene ring substituents is 1. The van der Waals surface area contributed by atoms with Gasteiger partial charge in [0, 0.05) is 17.8 Å². The van der Waals surface area contributed by atoms with Crippen molar-refractivity contribution in [3.63, 3.8) is 0 Å². The molecule has 8 heteroatoms. The van der Waals surface area contributed by atoms with Gasteiger partial charge in [-0.1, -0.05) is 29.3 Å². The number of nitrogens with zero attached hydrogens (tertiary/aromatic N) is 1. The van der Waals surface area contributed by atoms with E-state index in [4.69, 9.17) is 27.9 Å². The number of rotatable bonds is 5. The molecule has 0 aliphatic rings. The van der Waals surface area contributed by atoms with Gasteiger partial charge in [0.05, 0.1) is 9.95 Å². The number of nitrogens with one attached hydrogen (secondary N) is 1. The number of amides is 1. The van der Waals surface area contributed by atoms with Gasteiger partial charge in [0.1, 0.15) is 10.8 Å². The van der Waals surface area contributed by atoms with Crippen LogP contribution in [0.4, 0.5) is 11.4 Å². The zero-order valence-corrected chi connectivity index (χ0v) is 13.5. The van der Waals surface area contributed by atoms with Crippen molar-refractivity contribution >= 4 is 40.5 Å². The Morgan fingerprint density at radius 1 is 1.22 bits per heavy atom. The molecule has 120 valence electrons. The zero-order chi connectivity index (χ0) is 17.0. The molecule has 1 atom stereocenters. The van der Waals surface area contributed by atoms with E-state index in [1.165, 1.54) is 24.3 Å². The van der Waals surface area contributed by atoms with Crippen LogP contribution in [-0.4, -0.2) is 16.9 Å². The monoisotopic (exact) mass is 354 g/mol. The number of halogens is 2. The van der Waals surface area contributed by atoms with Crippen LogP contribution in [0.1, 0.15) is 6.92 Å². The molecule has 0 aliphatic carbocycles. The molecule has 2 aromatic rings. The molecule has 0 saturated carbocycles. The van der Waals surface area contributed by atoms with Crippen molar-refractivity contribution in [3.05, 3.63) is 62.6 Å². The Morgan fingerprint density at radius 2 is 1.87 bits per heavy atom. The number of nitro groups is 1. The van der Waals surface area contributed by atoms with Crippen LogP contribution < -0.4 is 10.1 Å². The lowest BCUT2D eigenvalue weighted by molar-refractivity contribution is -0.384. The lowest BCUT2D eigenvalue weighted by atomic mass is 10.2. The van der Waals surface area contributed by atoms with E-state index in [9.17, 15) is 14.9 Å². The van der Waals surface area contributed by atoms with E-state index in [1.54, 1.807) is 25.1 Å². The Balaban J connectivity index is 2.02. The first kappa shape index (κ1) is 17.1. The number of ether oxygens (including phenoxy) is 1. The largest absolute Gasteiger partial charge is 0.479 e. The van der Waals surface area contributed by atoms with Crippen molar-refractivity contribution in [1.29, 1.82) is 0 Å². The van der Waals surface area contributed by atoms with Gasteiger partial charge in [-0.05, 0) is 31.2 Å². The van der Waals surface area contributed by atoms with Crippen LogP contribution in [0.15, 0.2) is 42.5 Å². The summed E-state index contributed by atoms with van der Waals surface area (Å²) in [5.74, 6) is -0.125. The summed E-state index contributed by atoms with van der Waals surface area (Å²) in [6.45, 7) is 1.55. The second-order valence-electron chi connectivity index (χ2n) is 4.61. The highest BCUT2D eigenvalue weighted by atomic mass is 35.5. The molecule has 1 amide bonds. The van der Waals surface area contributed by atoms with Crippen molar-refractivity contribution in [2.24, 2.45) is 0 Å². The fourth-order valence-corrected chi connectivity index (χ4v) is 2.07. The van der Waals surface area contributed by atoms with Crippen molar-refractivity contribution in [2.75, 3.05) is 5.32 Å². The van der Waals surface area contributed by atoms with E-state index in [2.05, 4.69) is 5.32 Å². The molecule has 0 radical (unpaired) electrons. The molecule has 0 bridgehead atoms. The molecule has 0 heterocycles. The van der Waals surface area contributed by atoms with Crippen molar-refractivity contribution < 1.29 is 14.5 Å². The van der Waals surface area contributed by atoms with Crippen LogP contribution in [0.2, 0.25) is 10.0 Å². The number of anilines is 1. The fourth-order valence-electron chi connectivity index (χ4n) is 1.73. The molecule has 2 aromatic carbocycles. The lowest BCUT2D eigenvalue weighted by Gasteiger charge is -2.16. The molecular weight excluding hydrogens is 343 g/mol. The number of hydrogen-bond acceptors (Lipinski definition) is 4. The predicted molar refractivity (Wildman–Crippen MR) is 88.3 cm³/mol. The third kappa shape index (κ3) is 4.34. The highest BCUT2D eigenvalue weighted by molar-refractivity contribution is 6.42. The normalized spacial score (nSPS) is 11.6. The fraction of sp³-hybridized carbons (Fsp3) is 0.133. The lowest BCUT2D eigenvalue weighted by Crippen LogP contribution is -2.30. The molecule has 6 nitrogen and oxygen atoms in total. The maximum Gasteiger partial charge on any atom is 0.269 e. The Bertz CT molecular complexity index is 735. The minimum atomic E-state index is -0.832. The molecule has 0 fully saturated rings. The number of benzene rings is 2. The summed E-state index contributed by atoms with van der Waals surface area (Å²) in [5.41, 5.74) is 0.367. The third-order valence-corrected chi connectivity index (χ3v) is 3.74. The number of carbonyl (C=O) groups excluding carboxylic acids is 1. The molecule has 1 N–H and O–H groups in total. The molecule has 0 aliphatic heterocycles. The van der Waals surface area contributed by atoms with Crippen molar-refractivity contribution in [3.8, 4) is 5.75 Å². The molecular formula is C15H12Cl2N2O4. The summed E-state index contributed by atoms with van der Waals surface area (Å²) in [7, 11) is 0. The van der Waals surface area contributed by atoms with Gasteiger partial charge in [0.2, 0.25) is 0 Å². The van der Waals surface area contributed by atoms with Crippen molar-refractivity contribution in [1.82, 2.24) is 0 Å². The Labute approximate surface area is 142 Å². The highest BCUT2D eigenvalue weighted by Gasteiger charge is 2.17. The van der Waals surface area contributed by atoms with Crippen LogP contribution in [-0.2, 0) is 4.79 Å². The van der Waals surface area contributed by atoms with Gasteiger partial charge in [-0.25, -0.2) is 0 Å². The number of nitro benzene ring substituents is 1. The molecule has 0 saturated heterocycles. The smallest absolute Gasteiger partial charge is 0.269 e. The van der Waals surface area contributed by atoms with E-state index >= 15 is 0 Å².